The van der Waals surface area contributed by atoms with Gasteiger partial charge in [0.25, 0.3) is 0 Å². The highest BCUT2D eigenvalue weighted by Crippen LogP contribution is 2.25. The van der Waals surface area contributed by atoms with E-state index in [0.29, 0.717) is 12.1 Å². The Balaban J connectivity index is 0.000000304. The number of nitrogens with two attached hydrogens (primary N) is 2. The quantitative estimate of drug-likeness (QED) is 0.790. The molecule has 1 saturated carbocycles. The molecule has 1 rings (SSSR count). The molecular formula is C15H34N2. The van der Waals surface area contributed by atoms with E-state index >= 15 is 0 Å². The molecule has 1 aliphatic carbocycles. The third-order valence-electron chi connectivity index (χ3n) is 3.59. The van der Waals surface area contributed by atoms with Crippen molar-refractivity contribution in [2.45, 2.75) is 84.7 Å². The second-order valence-electron chi connectivity index (χ2n) is 6.21. The molecule has 1 aliphatic rings. The van der Waals surface area contributed by atoms with Crippen LogP contribution in [0.4, 0.5) is 0 Å². The molecule has 2 atom stereocenters. The molecule has 2 heteroatoms. The molecule has 0 bridgehead atoms. The van der Waals surface area contributed by atoms with Crippen molar-refractivity contribution < 1.29 is 0 Å². The molecular weight excluding hydrogens is 208 g/mol. The molecule has 1 fully saturated rings. The molecule has 0 aliphatic heterocycles. The van der Waals surface area contributed by atoms with Crippen molar-refractivity contribution in [2.24, 2.45) is 23.3 Å². The van der Waals surface area contributed by atoms with E-state index in [1.54, 1.807) is 0 Å². The topological polar surface area (TPSA) is 52.0 Å². The average molecular weight is 242 g/mol. The summed E-state index contributed by atoms with van der Waals surface area (Å²) >= 11 is 0. The van der Waals surface area contributed by atoms with E-state index in [-0.39, 0.29) is 0 Å². The fourth-order valence-electron chi connectivity index (χ4n) is 2.26. The average Bonchev–Trinajstić information content (AvgIpc) is 2.28. The van der Waals surface area contributed by atoms with E-state index in [0.717, 1.165) is 18.3 Å². The maximum Gasteiger partial charge on any atom is 0.00387 e. The molecule has 4 N–H and O–H groups in total. The van der Waals surface area contributed by atoms with Crippen molar-refractivity contribution >= 4 is 0 Å². The van der Waals surface area contributed by atoms with Crippen LogP contribution in [0.5, 0.6) is 0 Å². The molecule has 0 saturated heterocycles. The zero-order chi connectivity index (χ0) is 13.3. The lowest BCUT2D eigenvalue weighted by atomic mass is 9.85. The van der Waals surface area contributed by atoms with Crippen LogP contribution < -0.4 is 11.5 Å². The monoisotopic (exact) mass is 242 g/mol. The Bertz CT molecular complexity index is 150. The molecule has 0 spiro atoms. The van der Waals surface area contributed by atoms with Gasteiger partial charge in [-0.25, -0.2) is 0 Å². The molecule has 17 heavy (non-hydrogen) atoms. The number of hydrogen-bond acceptors (Lipinski definition) is 2. The van der Waals surface area contributed by atoms with E-state index in [1.165, 1.54) is 38.5 Å². The van der Waals surface area contributed by atoms with Crippen LogP contribution in [0.15, 0.2) is 0 Å². The highest BCUT2D eigenvalue weighted by Gasteiger charge is 2.16. The molecule has 2 nitrogen and oxygen atoms in total. The Kier molecular flexibility index (Phi) is 9.85. The van der Waals surface area contributed by atoms with E-state index in [1.807, 2.05) is 0 Å². The smallest absolute Gasteiger partial charge is 0.00387 e. The van der Waals surface area contributed by atoms with Gasteiger partial charge in [0.15, 0.2) is 0 Å². The fourth-order valence-corrected chi connectivity index (χ4v) is 2.26. The van der Waals surface area contributed by atoms with Gasteiger partial charge in [-0.2, -0.15) is 0 Å². The van der Waals surface area contributed by atoms with Crippen molar-refractivity contribution in [1.29, 1.82) is 0 Å². The minimum absolute atomic E-state index is 0.386. The molecule has 0 aromatic carbocycles. The third-order valence-corrected chi connectivity index (χ3v) is 3.59. The van der Waals surface area contributed by atoms with Gasteiger partial charge in [-0.05, 0) is 51.4 Å². The van der Waals surface area contributed by atoms with Crippen LogP contribution in [0.25, 0.3) is 0 Å². The van der Waals surface area contributed by atoms with Crippen molar-refractivity contribution in [3.63, 3.8) is 0 Å². The minimum Gasteiger partial charge on any atom is -0.328 e. The van der Waals surface area contributed by atoms with Crippen molar-refractivity contribution in [3.05, 3.63) is 0 Å². The lowest BCUT2D eigenvalue weighted by Gasteiger charge is -2.24. The molecule has 0 aromatic heterocycles. The van der Waals surface area contributed by atoms with Crippen LogP contribution in [0.3, 0.4) is 0 Å². The van der Waals surface area contributed by atoms with Gasteiger partial charge in [-0.3, -0.25) is 0 Å². The molecule has 2 unspecified atom stereocenters. The van der Waals surface area contributed by atoms with Crippen LogP contribution in [0.1, 0.15) is 72.6 Å². The summed E-state index contributed by atoms with van der Waals surface area (Å²) in [6, 6.07) is 0.822. The first-order valence-electron chi connectivity index (χ1n) is 7.44. The Morgan fingerprint density at radius 1 is 0.882 bits per heavy atom. The first-order valence-corrected chi connectivity index (χ1v) is 7.44. The summed E-state index contributed by atoms with van der Waals surface area (Å²) in [5.41, 5.74) is 11.3. The summed E-state index contributed by atoms with van der Waals surface area (Å²) < 4.78 is 0. The van der Waals surface area contributed by atoms with Crippen molar-refractivity contribution in [3.8, 4) is 0 Å². The van der Waals surface area contributed by atoms with Crippen LogP contribution >= 0.6 is 0 Å². The highest BCUT2D eigenvalue weighted by molar-refractivity contribution is 4.72. The van der Waals surface area contributed by atoms with Gasteiger partial charge in [0.05, 0.1) is 0 Å². The molecule has 0 aromatic rings. The summed E-state index contributed by atoms with van der Waals surface area (Å²) in [6.45, 7) is 8.64. The fraction of sp³-hybridized carbons (Fsp3) is 1.00. The van der Waals surface area contributed by atoms with E-state index in [4.69, 9.17) is 11.5 Å². The van der Waals surface area contributed by atoms with Gasteiger partial charge in [-0.1, -0.05) is 33.1 Å². The van der Waals surface area contributed by atoms with Gasteiger partial charge in [0.2, 0.25) is 0 Å². The Morgan fingerprint density at radius 2 is 1.41 bits per heavy atom. The van der Waals surface area contributed by atoms with Crippen LogP contribution in [0.2, 0.25) is 0 Å². The first kappa shape index (κ1) is 16.9. The summed E-state index contributed by atoms with van der Waals surface area (Å²) in [4.78, 5) is 0. The second-order valence-corrected chi connectivity index (χ2v) is 6.21. The molecule has 0 amide bonds. The van der Waals surface area contributed by atoms with Crippen LogP contribution in [-0.2, 0) is 0 Å². The largest absolute Gasteiger partial charge is 0.328 e. The SMILES string of the molecule is CC(C)CCC(C)N.CC(N)C1CCCCC1. The minimum atomic E-state index is 0.386. The predicted molar refractivity (Wildman–Crippen MR) is 77.9 cm³/mol. The standard InChI is InChI=1S/C8H17N.C7H17N/c1-7(9)8-5-3-2-4-6-8;1-6(2)4-5-7(3)8/h7-8H,2-6,9H2,1H3;6-7H,4-5,8H2,1-3H3. The van der Waals surface area contributed by atoms with Crippen LogP contribution in [-0.4, -0.2) is 12.1 Å². The summed E-state index contributed by atoms with van der Waals surface area (Å²) in [7, 11) is 0. The predicted octanol–water partition coefficient (Wildman–Crippen LogP) is 3.68. The number of hydrogen-bond donors (Lipinski definition) is 2. The van der Waals surface area contributed by atoms with Crippen molar-refractivity contribution in [1.82, 2.24) is 0 Å². The third kappa shape index (κ3) is 10.8. The van der Waals surface area contributed by atoms with E-state index < -0.39 is 0 Å². The van der Waals surface area contributed by atoms with E-state index in [9.17, 15) is 0 Å². The normalized spacial score (nSPS) is 20.6. The Hall–Kier alpha value is -0.0800. The Morgan fingerprint density at radius 3 is 1.65 bits per heavy atom. The lowest BCUT2D eigenvalue weighted by molar-refractivity contribution is 0.316. The van der Waals surface area contributed by atoms with E-state index in [2.05, 4.69) is 27.7 Å². The molecule has 0 radical (unpaired) electrons. The second kappa shape index (κ2) is 9.90. The van der Waals surface area contributed by atoms with Gasteiger partial charge in [0.1, 0.15) is 0 Å². The highest BCUT2D eigenvalue weighted by atomic mass is 14.6. The van der Waals surface area contributed by atoms with Crippen molar-refractivity contribution in [2.75, 3.05) is 0 Å². The lowest BCUT2D eigenvalue weighted by Crippen LogP contribution is -2.27. The first-order chi connectivity index (χ1) is 7.93. The van der Waals surface area contributed by atoms with Crippen LogP contribution in [0, 0.1) is 11.8 Å². The maximum absolute atomic E-state index is 5.77. The summed E-state index contributed by atoms with van der Waals surface area (Å²) in [5.74, 6) is 1.64. The zero-order valence-electron chi connectivity index (χ0n) is 12.4. The van der Waals surface area contributed by atoms with Gasteiger partial charge >= 0.3 is 0 Å². The Labute approximate surface area is 109 Å². The summed E-state index contributed by atoms with van der Waals surface area (Å²) in [6.07, 6.45) is 9.42. The zero-order valence-corrected chi connectivity index (χ0v) is 12.4. The van der Waals surface area contributed by atoms with Gasteiger partial charge in [-0.15, -0.1) is 0 Å². The van der Waals surface area contributed by atoms with Gasteiger partial charge in [0, 0.05) is 12.1 Å². The van der Waals surface area contributed by atoms with Gasteiger partial charge < -0.3 is 11.5 Å². The summed E-state index contributed by atoms with van der Waals surface area (Å²) in [5, 5.41) is 0. The maximum atomic E-state index is 5.77. The number of rotatable bonds is 4. The molecule has 0 heterocycles. The molecule has 104 valence electrons.